The molecule has 0 saturated carbocycles. The van der Waals surface area contributed by atoms with Crippen LogP contribution in [0.1, 0.15) is 46.5 Å². The van der Waals surface area contributed by atoms with Crippen molar-refractivity contribution < 1.29 is 9.53 Å². The maximum atomic E-state index is 12.0. The first-order valence-corrected chi connectivity index (χ1v) is 6.74. The van der Waals surface area contributed by atoms with Gasteiger partial charge in [-0.15, -0.1) is 0 Å². The zero-order chi connectivity index (χ0) is 13.2. The number of hydrogen-bond acceptors (Lipinski definition) is 2. The average Bonchev–Trinajstić information content (AvgIpc) is 2.27. The lowest BCUT2D eigenvalue weighted by molar-refractivity contribution is -0.111. The van der Waals surface area contributed by atoms with E-state index in [0.29, 0.717) is 5.57 Å². The molecule has 18 heavy (non-hydrogen) atoms. The molecule has 95 valence electrons. The van der Waals surface area contributed by atoms with Crippen LogP contribution >= 0.6 is 0 Å². The predicted octanol–water partition coefficient (Wildman–Crippen LogP) is 3.31. The summed E-state index contributed by atoms with van der Waals surface area (Å²) in [5.41, 5.74) is 2.20. The monoisotopic (exact) mass is 243 g/mol. The van der Waals surface area contributed by atoms with E-state index in [2.05, 4.69) is 6.92 Å². The molecule has 2 aliphatic heterocycles. The van der Waals surface area contributed by atoms with Crippen molar-refractivity contribution in [3.05, 3.63) is 34.9 Å². The summed E-state index contributed by atoms with van der Waals surface area (Å²) in [6.07, 6.45) is 10.1. The van der Waals surface area contributed by atoms with Gasteiger partial charge in [-0.05, 0) is 38.5 Å². The molecule has 0 amide bonds. The molecule has 0 bridgehead atoms. The number of ether oxygens (including phenoxy) is 1. The molecule has 2 aliphatic rings. The van der Waals surface area contributed by atoms with Gasteiger partial charge in [0.05, 0.1) is 5.66 Å². The SMILES string of the molecule is CCCCCC1=CC(=O)C2=C([B]1)OC(C)(C)C=C2. The van der Waals surface area contributed by atoms with Gasteiger partial charge in [0, 0.05) is 5.57 Å². The maximum Gasteiger partial charge on any atom is 0.235 e. The number of carbonyl (C=O) groups excluding carboxylic acids is 1. The number of hydrogen-bond donors (Lipinski definition) is 0. The van der Waals surface area contributed by atoms with Gasteiger partial charge in [0.15, 0.2) is 5.78 Å². The number of rotatable bonds is 4. The van der Waals surface area contributed by atoms with Crippen LogP contribution in [0.2, 0.25) is 0 Å². The minimum Gasteiger partial charge on any atom is -0.498 e. The topological polar surface area (TPSA) is 26.3 Å². The number of ketones is 1. The lowest BCUT2D eigenvalue weighted by Crippen LogP contribution is -2.30. The lowest BCUT2D eigenvalue weighted by Gasteiger charge is -2.31. The van der Waals surface area contributed by atoms with E-state index in [1.165, 1.54) is 12.8 Å². The van der Waals surface area contributed by atoms with Gasteiger partial charge in [-0.3, -0.25) is 4.79 Å². The summed E-state index contributed by atoms with van der Waals surface area (Å²) in [5, 5.41) is 0. The highest BCUT2D eigenvalue weighted by atomic mass is 16.5. The standard InChI is InChI=1S/C15H20BO2/c1-4-5-6-7-11-10-13(17)12-8-9-15(2,3)18-14(12)16-11/h8-10H,4-7H2,1-3H3. The van der Waals surface area contributed by atoms with Crippen molar-refractivity contribution in [1.82, 2.24) is 0 Å². The Morgan fingerprint density at radius 2 is 2.11 bits per heavy atom. The Morgan fingerprint density at radius 1 is 1.33 bits per heavy atom. The summed E-state index contributed by atoms with van der Waals surface area (Å²) in [7, 11) is 2.03. The van der Waals surface area contributed by atoms with Crippen molar-refractivity contribution in [2.24, 2.45) is 0 Å². The highest BCUT2D eigenvalue weighted by molar-refractivity contribution is 6.56. The molecule has 0 saturated heterocycles. The second-order valence-electron chi connectivity index (χ2n) is 5.50. The molecule has 3 heteroatoms. The molecular formula is C15H20BO2. The first-order chi connectivity index (χ1) is 8.52. The Labute approximate surface area is 110 Å². The Balaban J connectivity index is 2.06. The van der Waals surface area contributed by atoms with Gasteiger partial charge < -0.3 is 4.74 Å². The van der Waals surface area contributed by atoms with Crippen LogP contribution in [0.25, 0.3) is 0 Å². The quantitative estimate of drug-likeness (QED) is 0.559. The second kappa shape index (κ2) is 5.17. The fourth-order valence-electron chi connectivity index (χ4n) is 2.23. The summed E-state index contributed by atoms with van der Waals surface area (Å²) in [6, 6.07) is 0. The molecule has 0 aliphatic carbocycles. The van der Waals surface area contributed by atoms with E-state index in [-0.39, 0.29) is 11.4 Å². The van der Waals surface area contributed by atoms with Gasteiger partial charge in [0.25, 0.3) is 0 Å². The third kappa shape index (κ3) is 2.95. The summed E-state index contributed by atoms with van der Waals surface area (Å²) in [5.74, 6) is 0.0748. The Hall–Kier alpha value is -1.25. The van der Waals surface area contributed by atoms with E-state index in [0.717, 1.165) is 24.0 Å². The Bertz CT molecular complexity index is 441. The van der Waals surface area contributed by atoms with Crippen molar-refractivity contribution in [3.8, 4) is 0 Å². The van der Waals surface area contributed by atoms with Crippen molar-refractivity contribution in [2.45, 2.75) is 52.1 Å². The van der Waals surface area contributed by atoms with Crippen LogP contribution in [-0.4, -0.2) is 18.7 Å². The molecular weight excluding hydrogens is 223 g/mol. The van der Waals surface area contributed by atoms with Crippen LogP contribution in [0.5, 0.6) is 0 Å². The van der Waals surface area contributed by atoms with E-state index in [1.807, 2.05) is 33.3 Å². The zero-order valence-corrected chi connectivity index (χ0v) is 11.5. The van der Waals surface area contributed by atoms with Gasteiger partial charge in [-0.25, -0.2) is 0 Å². The van der Waals surface area contributed by atoms with Gasteiger partial charge in [0.1, 0.15) is 5.60 Å². The number of unbranched alkanes of at least 4 members (excludes halogenated alkanes) is 2. The Morgan fingerprint density at radius 3 is 2.83 bits per heavy atom. The van der Waals surface area contributed by atoms with E-state index < -0.39 is 0 Å². The molecule has 0 fully saturated rings. The molecule has 0 spiro atoms. The third-order valence-electron chi connectivity index (χ3n) is 3.26. The molecule has 2 nitrogen and oxygen atoms in total. The van der Waals surface area contributed by atoms with Crippen LogP contribution in [0.15, 0.2) is 34.9 Å². The fourth-order valence-corrected chi connectivity index (χ4v) is 2.23. The van der Waals surface area contributed by atoms with Gasteiger partial charge in [-0.2, -0.15) is 0 Å². The highest BCUT2D eigenvalue weighted by Crippen LogP contribution is 2.30. The lowest BCUT2D eigenvalue weighted by atomic mass is 9.60. The average molecular weight is 243 g/mol. The van der Waals surface area contributed by atoms with Crippen LogP contribution < -0.4 is 0 Å². The molecule has 0 aromatic carbocycles. The van der Waals surface area contributed by atoms with Crippen molar-refractivity contribution in [2.75, 3.05) is 0 Å². The summed E-state index contributed by atoms with van der Waals surface area (Å²) in [4.78, 5) is 12.0. The summed E-state index contributed by atoms with van der Waals surface area (Å²) < 4.78 is 5.86. The molecule has 0 unspecified atom stereocenters. The molecule has 0 aromatic heterocycles. The first kappa shape index (κ1) is 13.2. The molecule has 2 rings (SSSR count). The zero-order valence-electron chi connectivity index (χ0n) is 11.5. The highest BCUT2D eigenvalue weighted by Gasteiger charge is 2.29. The van der Waals surface area contributed by atoms with E-state index in [1.54, 1.807) is 6.08 Å². The fraction of sp³-hybridized carbons (Fsp3) is 0.533. The normalized spacial score (nSPS) is 21.1. The molecule has 0 N–H and O–H groups in total. The van der Waals surface area contributed by atoms with Crippen LogP contribution in [-0.2, 0) is 9.53 Å². The van der Waals surface area contributed by atoms with Gasteiger partial charge in [-0.1, -0.05) is 31.7 Å². The van der Waals surface area contributed by atoms with Crippen LogP contribution in [0.4, 0.5) is 0 Å². The second-order valence-corrected chi connectivity index (χ2v) is 5.50. The molecule has 0 atom stereocenters. The van der Waals surface area contributed by atoms with E-state index in [9.17, 15) is 4.79 Å². The van der Waals surface area contributed by atoms with Crippen molar-refractivity contribution in [1.29, 1.82) is 0 Å². The van der Waals surface area contributed by atoms with Crippen molar-refractivity contribution in [3.63, 3.8) is 0 Å². The van der Waals surface area contributed by atoms with Crippen molar-refractivity contribution >= 4 is 13.1 Å². The third-order valence-corrected chi connectivity index (χ3v) is 3.26. The minimum atomic E-state index is -0.318. The largest absolute Gasteiger partial charge is 0.498 e. The molecule has 2 heterocycles. The first-order valence-electron chi connectivity index (χ1n) is 6.74. The summed E-state index contributed by atoms with van der Waals surface area (Å²) in [6.45, 7) is 6.18. The predicted molar refractivity (Wildman–Crippen MR) is 74.3 cm³/mol. The number of carbonyl (C=O) groups is 1. The molecule has 0 aromatic rings. The summed E-state index contributed by atoms with van der Waals surface area (Å²) >= 11 is 0. The van der Waals surface area contributed by atoms with Crippen LogP contribution in [0, 0.1) is 0 Å². The van der Waals surface area contributed by atoms with Crippen LogP contribution in [0.3, 0.4) is 0 Å². The maximum absolute atomic E-state index is 12.0. The number of allylic oxidation sites excluding steroid dienone is 4. The Kier molecular flexibility index (Phi) is 3.79. The molecule has 1 radical (unpaired) electrons. The smallest absolute Gasteiger partial charge is 0.235 e. The van der Waals surface area contributed by atoms with Gasteiger partial charge in [0.2, 0.25) is 7.28 Å². The van der Waals surface area contributed by atoms with E-state index in [4.69, 9.17) is 4.74 Å². The van der Waals surface area contributed by atoms with Gasteiger partial charge >= 0.3 is 0 Å². The van der Waals surface area contributed by atoms with E-state index >= 15 is 0 Å². The minimum absolute atomic E-state index is 0.0748.